The number of halogens is 2. The van der Waals surface area contributed by atoms with Crippen molar-refractivity contribution in [3.05, 3.63) is 113 Å². The molecule has 2 N–H and O–H groups in total. The molecule has 0 fully saturated rings. The normalized spacial score (nSPS) is 17.4. The molecule has 0 unspecified atom stereocenters. The van der Waals surface area contributed by atoms with Gasteiger partial charge in [-0.3, -0.25) is 9.79 Å². The van der Waals surface area contributed by atoms with Crippen molar-refractivity contribution in [2.45, 2.75) is 40.0 Å². The largest absolute Gasteiger partial charge is 0.494 e. The molecule has 0 aromatic heterocycles. The maximum Gasteiger partial charge on any atom is 0.201 e. The zero-order valence-corrected chi connectivity index (χ0v) is 23.1. The van der Waals surface area contributed by atoms with E-state index in [2.05, 4.69) is 10.3 Å². The quantitative estimate of drug-likeness (QED) is 0.235. The highest BCUT2D eigenvalue weighted by Gasteiger charge is 2.26. The molecule has 5 nitrogen and oxygen atoms in total. The number of anilines is 1. The summed E-state index contributed by atoms with van der Waals surface area (Å²) in [7, 11) is 1.29. The highest BCUT2D eigenvalue weighted by Crippen LogP contribution is 2.36. The molecule has 2 aliphatic rings. The minimum absolute atomic E-state index is 0.0832. The summed E-state index contributed by atoms with van der Waals surface area (Å²) < 4.78 is 34.3. The molecule has 0 radical (unpaired) electrons. The van der Waals surface area contributed by atoms with Gasteiger partial charge in [0.25, 0.3) is 0 Å². The number of rotatable bonds is 10. The summed E-state index contributed by atoms with van der Waals surface area (Å²) >= 11 is 0. The van der Waals surface area contributed by atoms with E-state index in [4.69, 9.17) is 10.1 Å². The van der Waals surface area contributed by atoms with Gasteiger partial charge in [-0.1, -0.05) is 37.3 Å². The summed E-state index contributed by atoms with van der Waals surface area (Å²) in [6.07, 6.45) is 14.8. The van der Waals surface area contributed by atoms with Gasteiger partial charge in [0.2, 0.25) is 5.82 Å². The Morgan fingerprint density at radius 2 is 2.00 bits per heavy atom. The van der Waals surface area contributed by atoms with Crippen molar-refractivity contribution in [2.75, 3.05) is 12.4 Å². The fourth-order valence-electron chi connectivity index (χ4n) is 4.72. The number of benzene rings is 2. The lowest BCUT2D eigenvalue weighted by Gasteiger charge is -2.17. The standard InChI is InChI=1S/C33H33F2N3O2/c1-20(9-8-10-22(3)36)17-29(39)24-14-13-23(18-21(24)2)38-28-12-7-5-6-11-26-27(19-37-33(26)28)25-15-16-30(40-4)32(35)31(25)34/h5-6,8,10-16,18-20,36,38H,7,9,17H2,1-4H3/b6-5-,10-8+,26-11?,28-12-,36-22?/t20-/m0/s1. The molecule has 0 spiro atoms. The number of hydrogen-bond acceptors (Lipinski definition) is 5. The van der Waals surface area contributed by atoms with E-state index in [1.807, 2.05) is 62.4 Å². The zero-order valence-electron chi connectivity index (χ0n) is 23.1. The van der Waals surface area contributed by atoms with Crippen molar-refractivity contribution >= 4 is 28.5 Å². The number of aryl methyl sites for hydroxylation is 1. The van der Waals surface area contributed by atoms with Crippen molar-refractivity contribution < 1.29 is 18.3 Å². The highest BCUT2D eigenvalue weighted by molar-refractivity contribution is 6.25. The molecular weight excluding hydrogens is 508 g/mol. The smallest absolute Gasteiger partial charge is 0.201 e. The fraction of sp³-hybridized carbons (Fsp3) is 0.242. The number of allylic oxidation sites excluding steroid dienone is 8. The lowest BCUT2D eigenvalue weighted by molar-refractivity contribution is 0.0964. The monoisotopic (exact) mass is 541 g/mol. The van der Waals surface area contributed by atoms with Crippen LogP contribution in [0, 0.1) is 29.9 Å². The zero-order chi connectivity index (χ0) is 28.8. The van der Waals surface area contributed by atoms with Gasteiger partial charge in [-0.05, 0) is 74.6 Å². The predicted octanol–water partition coefficient (Wildman–Crippen LogP) is 8.15. The average Bonchev–Trinajstić information content (AvgIpc) is 3.30. The van der Waals surface area contributed by atoms with Crippen molar-refractivity contribution in [2.24, 2.45) is 10.9 Å². The predicted molar refractivity (Wildman–Crippen MR) is 158 cm³/mol. The van der Waals surface area contributed by atoms with E-state index in [1.54, 1.807) is 19.2 Å². The van der Waals surface area contributed by atoms with Crippen LogP contribution in [0.3, 0.4) is 0 Å². The molecule has 0 saturated carbocycles. The molecule has 0 saturated heterocycles. The first-order chi connectivity index (χ1) is 19.2. The molecule has 40 heavy (non-hydrogen) atoms. The van der Waals surface area contributed by atoms with E-state index in [9.17, 15) is 13.6 Å². The fourth-order valence-corrected chi connectivity index (χ4v) is 4.72. The summed E-state index contributed by atoms with van der Waals surface area (Å²) in [5.74, 6) is -1.93. The van der Waals surface area contributed by atoms with E-state index < -0.39 is 11.6 Å². The third kappa shape index (κ3) is 6.42. The number of ketones is 1. The lowest BCUT2D eigenvalue weighted by atomic mass is 9.93. The number of nitrogens with one attached hydrogen (secondary N) is 2. The van der Waals surface area contributed by atoms with Crippen LogP contribution in [-0.4, -0.2) is 24.3 Å². The summed E-state index contributed by atoms with van der Waals surface area (Å²) in [4.78, 5) is 17.5. The van der Waals surface area contributed by atoms with Crippen LogP contribution in [0.4, 0.5) is 14.5 Å². The lowest BCUT2D eigenvalue weighted by Crippen LogP contribution is -2.14. The Bertz CT molecular complexity index is 1530. The first-order valence-corrected chi connectivity index (χ1v) is 13.2. The van der Waals surface area contributed by atoms with E-state index in [-0.39, 0.29) is 23.0 Å². The Kier molecular flexibility index (Phi) is 9.04. The average molecular weight is 542 g/mol. The van der Waals surface area contributed by atoms with Crippen molar-refractivity contribution in [3.63, 3.8) is 0 Å². The van der Waals surface area contributed by atoms with Crippen molar-refractivity contribution in [1.82, 2.24) is 0 Å². The Morgan fingerprint density at radius 1 is 1.20 bits per heavy atom. The van der Waals surface area contributed by atoms with Gasteiger partial charge < -0.3 is 15.5 Å². The maximum atomic E-state index is 14.9. The number of Topliss-reactive ketones (excluding diaryl/α,β-unsaturated/α-hetero) is 1. The first kappa shape index (κ1) is 28.6. The van der Waals surface area contributed by atoms with Crippen LogP contribution in [0.1, 0.15) is 54.6 Å². The van der Waals surface area contributed by atoms with Crippen molar-refractivity contribution in [1.29, 1.82) is 5.41 Å². The number of methoxy groups -OCH3 is 1. The van der Waals surface area contributed by atoms with Crippen LogP contribution in [0.25, 0.3) is 5.57 Å². The van der Waals surface area contributed by atoms with Gasteiger partial charge in [0.1, 0.15) is 0 Å². The van der Waals surface area contributed by atoms with Crippen LogP contribution in [-0.2, 0) is 0 Å². The second-order valence-electron chi connectivity index (χ2n) is 10.0. The van der Waals surface area contributed by atoms with Crippen molar-refractivity contribution in [3.8, 4) is 5.75 Å². The number of aliphatic imine (C=N–C) groups is 1. The Balaban J connectivity index is 1.51. The summed E-state index contributed by atoms with van der Waals surface area (Å²) in [6, 6.07) is 8.52. The van der Waals surface area contributed by atoms with E-state index >= 15 is 0 Å². The molecule has 206 valence electrons. The van der Waals surface area contributed by atoms with Gasteiger partial charge in [0.15, 0.2) is 17.3 Å². The van der Waals surface area contributed by atoms with Gasteiger partial charge in [0, 0.05) is 46.3 Å². The number of nitrogens with zero attached hydrogens (tertiary/aromatic N) is 1. The Morgan fingerprint density at radius 3 is 2.73 bits per heavy atom. The Labute approximate surface area is 233 Å². The van der Waals surface area contributed by atoms with Crippen LogP contribution >= 0.6 is 0 Å². The SMILES string of the molecule is COc1ccc(C2=CN=C3C2=C/C=C\C/C=C/3Nc2ccc(C(=O)C[C@@H](C)C/C=C/C(C)=N)c(C)c2)c(F)c1F. The summed E-state index contributed by atoms with van der Waals surface area (Å²) in [5.41, 5.74) is 5.43. The second-order valence-corrected chi connectivity index (χ2v) is 10.0. The van der Waals surface area contributed by atoms with E-state index in [0.717, 1.165) is 23.4 Å². The maximum absolute atomic E-state index is 14.9. The molecule has 0 bridgehead atoms. The molecule has 1 heterocycles. The highest BCUT2D eigenvalue weighted by atomic mass is 19.2. The van der Waals surface area contributed by atoms with Gasteiger partial charge in [-0.25, -0.2) is 4.39 Å². The summed E-state index contributed by atoms with van der Waals surface area (Å²) in [5, 5.41) is 10.9. The van der Waals surface area contributed by atoms with Crippen LogP contribution < -0.4 is 10.1 Å². The molecule has 4 rings (SSSR count). The van der Waals surface area contributed by atoms with Crippen LogP contribution in [0.2, 0.25) is 0 Å². The molecule has 2 aromatic rings. The molecule has 1 atom stereocenters. The topological polar surface area (TPSA) is 74.5 Å². The molecule has 1 aliphatic heterocycles. The number of fused-ring (bicyclic) bond motifs is 1. The number of carbonyl (C=O) groups excluding carboxylic acids is 1. The molecular formula is C33H33F2N3O2. The molecule has 0 amide bonds. The number of hydrogen-bond donors (Lipinski definition) is 2. The number of carbonyl (C=O) groups is 1. The van der Waals surface area contributed by atoms with Gasteiger partial charge >= 0.3 is 0 Å². The number of ether oxygens (including phenoxy) is 1. The molecule has 1 aliphatic carbocycles. The second kappa shape index (κ2) is 12.6. The van der Waals surface area contributed by atoms with Gasteiger partial charge in [-0.15, -0.1) is 0 Å². The first-order valence-electron chi connectivity index (χ1n) is 13.2. The van der Waals surface area contributed by atoms with Crippen LogP contribution in [0.15, 0.2) is 89.3 Å². The third-order valence-electron chi connectivity index (χ3n) is 6.78. The minimum atomic E-state index is -1.04. The molecule has 2 aromatic carbocycles. The van der Waals surface area contributed by atoms with Gasteiger partial charge in [0.05, 0.1) is 18.5 Å². The molecule has 7 heteroatoms. The Hall–Kier alpha value is -4.39. The minimum Gasteiger partial charge on any atom is -0.494 e. The van der Waals surface area contributed by atoms with E-state index in [1.165, 1.54) is 19.2 Å². The summed E-state index contributed by atoms with van der Waals surface area (Å²) in [6.45, 7) is 5.67. The van der Waals surface area contributed by atoms with Gasteiger partial charge in [-0.2, -0.15) is 4.39 Å². The van der Waals surface area contributed by atoms with Crippen LogP contribution in [0.5, 0.6) is 5.75 Å². The van der Waals surface area contributed by atoms with E-state index in [0.29, 0.717) is 41.0 Å². The third-order valence-corrected chi connectivity index (χ3v) is 6.78.